The fraction of sp³-hybridized carbons (Fsp3) is 0.967. The minimum atomic E-state index is -1.81. The maximum Gasteiger partial charge on any atom is 1.00 e. The van der Waals surface area contributed by atoms with Gasteiger partial charge >= 0.3 is 21.7 Å². The molecule has 0 aromatic heterocycles. The summed E-state index contributed by atoms with van der Waals surface area (Å²) in [6, 6.07) is 0. The van der Waals surface area contributed by atoms with Crippen molar-refractivity contribution in [3.63, 3.8) is 0 Å². The van der Waals surface area contributed by atoms with E-state index in [1.165, 1.54) is 70.6 Å². The van der Waals surface area contributed by atoms with E-state index in [-0.39, 0.29) is 21.7 Å². The number of carboxylic acid groups (broad SMARTS) is 1. The second-order valence-corrected chi connectivity index (χ2v) is 10.1. The summed E-state index contributed by atoms with van der Waals surface area (Å²) in [6.45, 7) is 9.68. The average Bonchev–Trinajstić information content (AvgIpc) is 2.85. The average molecular weight is 548 g/mol. The molecule has 213 valence electrons. The van der Waals surface area contributed by atoms with Gasteiger partial charge in [0.25, 0.3) is 0 Å². The van der Waals surface area contributed by atoms with E-state index >= 15 is 0 Å². The quantitative estimate of drug-likeness (QED) is 0.0570. The third kappa shape index (κ3) is 19.2. The molecule has 36 heavy (non-hydrogen) atoms. The topological polar surface area (TPSA) is 67.8 Å². The molecule has 1 unspecified atom stereocenters. The molecule has 6 heteroatoms. The van der Waals surface area contributed by atoms with Gasteiger partial charge in [0.2, 0.25) is 5.79 Å². The van der Waals surface area contributed by atoms with Gasteiger partial charge in [-0.2, -0.15) is 0 Å². The molecule has 0 spiro atoms. The molecule has 0 saturated heterocycles. The Morgan fingerprint density at radius 3 is 1.33 bits per heavy atom. The fourth-order valence-corrected chi connectivity index (χ4v) is 4.31. The van der Waals surface area contributed by atoms with Gasteiger partial charge in [0.1, 0.15) is 12.1 Å². The Morgan fingerprint density at radius 1 is 0.583 bits per heavy atom. The van der Waals surface area contributed by atoms with E-state index in [1.54, 1.807) is 0 Å². The standard InChI is InChI=1S/C30H60O5.Ti/c1-5-9-13-14-15-16-17-18-19-20-21-22-23-24-28(33-25-10-6-2)30(29(31)32,34-26-11-7-3)35-27-12-8-4;/h28H,5-27H2,1-4H3,(H,31,32);/q;+1/p-1. The van der Waals surface area contributed by atoms with Crippen molar-refractivity contribution in [2.45, 2.75) is 168 Å². The van der Waals surface area contributed by atoms with E-state index < -0.39 is 17.9 Å². The number of rotatable bonds is 28. The Kier molecular flexibility index (Phi) is 29.8. The van der Waals surface area contributed by atoms with Crippen LogP contribution in [0, 0.1) is 0 Å². The maximum atomic E-state index is 12.4. The Balaban J connectivity index is 0. The van der Waals surface area contributed by atoms with Crippen LogP contribution in [0.4, 0.5) is 0 Å². The van der Waals surface area contributed by atoms with Crippen LogP contribution in [0.25, 0.3) is 0 Å². The minimum Gasteiger partial charge on any atom is -0.544 e. The van der Waals surface area contributed by atoms with Crippen molar-refractivity contribution in [1.29, 1.82) is 0 Å². The van der Waals surface area contributed by atoms with Gasteiger partial charge in [-0.1, -0.05) is 130 Å². The van der Waals surface area contributed by atoms with Gasteiger partial charge in [0.05, 0.1) is 13.2 Å². The van der Waals surface area contributed by atoms with Gasteiger partial charge in [-0.25, -0.2) is 0 Å². The molecule has 1 atom stereocenters. The third-order valence-corrected chi connectivity index (χ3v) is 6.72. The molecule has 0 heterocycles. The SMILES string of the molecule is CCCCCCCCCCCCCCCC(OCCCC)C(OCCCC)(OCCCC)C(=O)[O-].[Ti+]. The van der Waals surface area contributed by atoms with Crippen molar-refractivity contribution < 1.29 is 45.8 Å². The number of hydrogen-bond donors (Lipinski definition) is 0. The second kappa shape index (κ2) is 28.1. The Labute approximate surface area is 239 Å². The number of hydrogen-bond acceptors (Lipinski definition) is 5. The summed E-state index contributed by atoms with van der Waals surface area (Å²) >= 11 is 0. The first-order valence-corrected chi connectivity index (χ1v) is 15.2. The van der Waals surface area contributed by atoms with E-state index in [2.05, 4.69) is 27.7 Å². The predicted molar refractivity (Wildman–Crippen MR) is 144 cm³/mol. The zero-order valence-electron chi connectivity index (χ0n) is 24.4. The Bertz CT molecular complexity index is 451. The van der Waals surface area contributed by atoms with Crippen LogP contribution in [0.5, 0.6) is 0 Å². The van der Waals surface area contributed by atoms with E-state index in [4.69, 9.17) is 14.2 Å². The van der Waals surface area contributed by atoms with Crippen molar-refractivity contribution in [2.75, 3.05) is 19.8 Å². The van der Waals surface area contributed by atoms with Crippen LogP contribution in [0.15, 0.2) is 0 Å². The van der Waals surface area contributed by atoms with Crippen LogP contribution >= 0.6 is 0 Å². The fourth-order valence-electron chi connectivity index (χ4n) is 4.31. The minimum absolute atomic E-state index is 0. The molecule has 0 aromatic rings. The van der Waals surface area contributed by atoms with Crippen molar-refractivity contribution in [1.82, 2.24) is 0 Å². The second-order valence-electron chi connectivity index (χ2n) is 10.1. The van der Waals surface area contributed by atoms with Crippen molar-refractivity contribution in [3.8, 4) is 0 Å². The first-order valence-electron chi connectivity index (χ1n) is 15.2. The van der Waals surface area contributed by atoms with Crippen LogP contribution in [-0.2, 0) is 40.7 Å². The molecule has 0 bridgehead atoms. The monoisotopic (exact) mass is 547 g/mol. The van der Waals surface area contributed by atoms with Gasteiger partial charge in [-0.15, -0.1) is 0 Å². The van der Waals surface area contributed by atoms with Gasteiger partial charge in [-0.3, -0.25) is 0 Å². The summed E-state index contributed by atoms with van der Waals surface area (Å²) < 4.78 is 18.0. The largest absolute Gasteiger partial charge is 1.00 e. The Morgan fingerprint density at radius 2 is 0.944 bits per heavy atom. The van der Waals surface area contributed by atoms with E-state index in [0.717, 1.165) is 51.4 Å². The molecular formula is C30H59O5Ti. The summed E-state index contributed by atoms with van der Waals surface area (Å²) in [5.74, 6) is -3.12. The normalized spacial score (nSPS) is 12.4. The van der Waals surface area contributed by atoms with Crippen molar-refractivity contribution in [2.24, 2.45) is 0 Å². The van der Waals surface area contributed by atoms with Gasteiger partial charge in [0.15, 0.2) is 0 Å². The molecular weight excluding hydrogens is 488 g/mol. The van der Waals surface area contributed by atoms with E-state index in [1.807, 2.05) is 0 Å². The van der Waals surface area contributed by atoms with Gasteiger partial charge in [0, 0.05) is 6.61 Å². The number of carboxylic acids is 1. The van der Waals surface area contributed by atoms with Crippen molar-refractivity contribution in [3.05, 3.63) is 0 Å². The molecule has 0 rings (SSSR count). The van der Waals surface area contributed by atoms with Gasteiger partial charge < -0.3 is 24.1 Å². The third-order valence-electron chi connectivity index (χ3n) is 6.72. The van der Waals surface area contributed by atoms with E-state index in [0.29, 0.717) is 26.2 Å². The molecule has 5 nitrogen and oxygen atoms in total. The maximum absolute atomic E-state index is 12.4. The molecule has 1 radical (unpaired) electrons. The van der Waals surface area contributed by atoms with Crippen molar-refractivity contribution >= 4 is 5.97 Å². The number of carbonyl (C=O) groups excluding carboxylic acids is 1. The molecule has 0 aromatic carbocycles. The predicted octanol–water partition coefficient (Wildman–Crippen LogP) is 7.73. The number of ether oxygens (including phenoxy) is 3. The number of unbranched alkanes of at least 4 members (excludes halogenated alkanes) is 15. The summed E-state index contributed by atoms with van der Waals surface area (Å²) in [5.41, 5.74) is 0. The van der Waals surface area contributed by atoms with E-state index in [9.17, 15) is 9.90 Å². The first kappa shape index (κ1) is 38.2. The summed E-state index contributed by atoms with van der Waals surface area (Å²) in [7, 11) is 0. The van der Waals surface area contributed by atoms with Crippen LogP contribution in [0.1, 0.15) is 156 Å². The molecule has 0 aliphatic rings. The first-order chi connectivity index (χ1) is 17.1. The van der Waals surface area contributed by atoms with Crippen LogP contribution in [0.3, 0.4) is 0 Å². The summed E-state index contributed by atoms with van der Waals surface area (Å²) in [5, 5.41) is 12.4. The molecule has 0 saturated carbocycles. The van der Waals surface area contributed by atoms with Gasteiger partial charge in [-0.05, 0) is 25.7 Å². The Hall–Kier alpha value is 0.0643. The van der Waals surface area contributed by atoms with Crippen LogP contribution in [-0.4, -0.2) is 37.7 Å². The molecule has 0 aliphatic heterocycles. The number of carbonyl (C=O) groups is 1. The number of aliphatic carboxylic acids is 1. The molecule has 0 fully saturated rings. The smallest absolute Gasteiger partial charge is 0.544 e. The van der Waals surface area contributed by atoms with Crippen LogP contribution in [0.2, 0.25) is 0 Å². The summed E-state index contributed by atoms with van der Waals surface area (Å²) in [4.78, 5) is 12.4. The summed E-state index contributed by atoms with van der Waals surface area (Å²) in [6.07, 6.45) is 22.0. The molecule has 0 aliphatic carbocycles. The molecule has 0 amide bonds. The zero-order valence-corrected chi connectivity index (χ0v) is 25.9. The molecule has 0 N–H and O–H groups in total. The zero-order chi connectivity index (χ0) is 26.0. The van der Waals surface area contributed by atoms with Crippen LogP contribution < -0.4 is 5.11 Å².